The lowest BCUT2D eigenvalue weighted by molar-refractivity contribution is -0.144. The number of nitrogens with one attached hydrogen (secondary N) is 1. The summed E-state index contributed by atoms with van der Waals surface area (Å²) >= 11 is 0. The lowest BCUT2D eigenvalue weighted by Gasteiger charge is -2.16. The van der Waals surface area contributed by atoms with E-state index >= 15 is 0 Å². The second kappa shape index (κ2) is 13.8. The number of aliphatic hydroxyl groups is 1. The maximum Gasteiger partial charge on any atom is 0.328 e. The molecule has 4 N–H and O–H groups in total. The number of amides is 1. The van der Waals surface area contributed by atoms with E-state index in [1.807, 2.05) is 0 Å². The molecule has 0 aromatic rings. The Morgan fingerprint density at radius 2 is 1.21 bits per heavy atom. The van der Waals surface area contributed by atoms with Crippen LogP contribution in [0.3, 0.4) is 0 Å². The number of unbranched alkanes of at least 4 members (excludes halogenated alkanes) is 8. The molecule has 0 spiro atoms. The number of aliphatic hydroxyl groups excluding tert-OH is 1. The van der Waals surface area contributed by atoms with Crippen LogP contribution in [0.2, 0.25) is 0 Å². The quantitative estimate of drug-likeness (QED) is 0.338. The molecule has 0 aliphatic carbocycles. The summed E-state index contributed by atoms with van der Waals surface area (Å²) in [4.78, 5) is 32.8. The second-order valence-electron chi connectivity index (χ2n) is 6.20. The van der Waals surface area contributed by atoms with E-state index in [1.54, 1.807) is 0 Å². The third kappa shape index (κ3) is 12.9. The van der Waals surface area contributed by atoms with Crippen LogP contribution >= 0.6 is 0 Å². The number of carboxylic acid groups (broad SMARTS) is 2. The predicted octanol–water partition coefficient (Wildman–Crippen LogP) is 2.31. The molecule has 0 bridgehead atoms. The number of hydrogen-bond acceptors (Lipinski definition) is 4. The molecule has 0 saturated heterocycles. The molecule has 2 unspecified atom stereocenters. The minimum absolute atomic E-state index is 0.250. The van der Waals surface area contributed by atoms with Gasteiger partial charge in [0.1, 0.15) is 0 Å². The van der Waals surface area contributed by atoms with Gasteiger partial charge in [0.25, 0.3) is 0 Å². The minimum atomic E-state index is -1.25. The highest BCUT2D eigenvalue weighted by Gasteiger charge is 2.24. The average molecular weight is 345 g/mol. The molecular weight excluding hydrogens is 314 g/mol. The molecule has 0 rings (SSSR count). The minimum Gasteiger partial charge on any atom is -0.481 e. The molecule has 7 nitrogen and oxygen atoms in total. The Morgan fingerprint density at radius 3 is 1.58 bits per heavy atom. The molecule has 140 valence electrons. The first-order valence-corrected chi connectivity index (χ1v) is 8.76. The number of carboxylic acids is 2. The first kappa shape index (κ1) is 22.4. The third-order valence-electron chi connectivity index (χ3n) is 3.86. The van der Waals surface area contributed by atoms with Crippen molar-refractivity contribution in [2.24, 2.45) is 0 Å². The van der Waals surface area contributed by atoms with Crippen molar-refractivity contribution in [3.8, 4) is 0 Å². The summed E-state index contributed by atoms with van der Waals surface area (Å²) in [5.41, 5.74) is 0. The molecule has 0 aliphatic heterocycles. The number of carbonyl (C=O) groups is 3. The van der Waals surface area contributed by atoms with Crippen molar-refractivity contribution in [3.63, 3.8) is 0 Å². The molecule has 0 aliphatic rings. The zero-order valence-corrected chi connectivity index (χ0v) is 14.5. The summed E-state index contributed by atoms with van der Waals surface area (Å²) < 4.78 is 0. The molecular formula is C17H31NO6. The summed E-state index contributed by atoms with van der Waals surface area (Å²) in [6, 6.07) is -1.25. The van der Waals surface area contributed by atoms with Gasteiger partial charge < -0.3 is 20.6 Å². The summed E-state index contributed by atoms with van der Waals surface area (Å²) in [5.74, 6) is -2.31. The van der Waals surface area contributed by atoms with Crippen LogP contribution in [0.4, 0.5) is 0 Å². The lowest BCUT2D eigenvalue weighted by atomic mass is 10.1. The number of hydrogen-bond donors (Lipinski definition) is 4. The highest BCUT2D eigenvalue weighted by molar-refractivity contribution is 5.83. The molecule has 0 fully saturated rings. The van der Waals surface area contributed by atoms with Crippen molar-refractivity contribution in [1.82, 2.24) is 5.32 Å². The number of carbonyl (C=O) groups excluding carboxylic acids is 1. The van der Waals surface area contributed by atoms with E-state index < -0.39 is 24.1 Å². The Morgan fingerprint density at radius 1 is 0.792 bits per heavy atom. The van der Waals surface area contributed by atoms with Gasteiger partial charge in [-0.1, -0.05) is 44.9 Å². The smallest absolute Gasteiger partial charge is 0.328 e. The van der Waals surface area contributed by atoms with Crippen LogP contribution in [0.15, 0.2) is 0 Å². The normalized spacial score (nSPS) is 13.2. The summed E-state index contributed by atoms with van der Waals surface area (Å²) in [5, 5.41) is 29.0. The van der Waals surface area contributed by atoms with E-state index in [0.717, 1.165) is 51.4 Å². The highest BCUT2D eigenvalue weighted by atomic mass is 16.4. The Hall–Kier alpha value is -1.63. The summed E-state index contributed by atoms with van der Waals surface area (Å²) in [6.45, 7) is 1.33. The molecule has 24 heavy (non-hydrogen) atoms. The van der Waals surface area contributed by atoms with Crippen LogP contribution in [0, 0.1) is 0 Å². The Bertz CT molecular complexity index is 383. The maximum absolute atomic E-state index is 11.6. The van der Waals surface area contributed by atoms with Gasteiger partial charge in [-0.05, 0) is 19.8 Å². The molecule has 0 aromatic carbocycles. The van der Waals surface area contributed by atoms with Gasteiger partial charge in [-0.2, -0.15) is 0 Å². The van der Waals surface area contributed by atoms with Crippen LogP contribution < -0.4 is 5.32 Å². The van der Waals surface area contributed by atoms with Crippen molar-refractivity contribution in [2.45, 2.75) is 89.7 Å². The first-order chi connectivity index (χ1) is 11.3. The van der Waals surface area contributed by atoms with Gasteiger partial charge in [0.05, 0.1) is 6.10 Å². The van der Waals surface area contributed by atoms with Gasteiger partial charge >= 0.3 is 11.9 Å². The third-order valence-corrected chi connectivity index (χ3v) is 3.86. The molecule has 2 atom stereocenters. The zero-order chi connectivity index (χ0) is 18.4. The largest absolute Gasteiger partial charge is 0.481 e. The van der Waals surface area contributed by atoms with Crippen molar-refractivity contribution in [1.29, 1.82) is 0 Å². The van der Waals surface area contributed by atoms with Gasteiger partial charge in [0, 0.05) is 12.8 Å². The van der Waals surface area contributed by atoms with E-state index in [9.17, 15) is 19.5 Å². The van der Waals surface area contributed by atoms with Gasteiger partial charge in [-0.15, -0.1) is 0 Å². The zero-order valence-electron chi connectivity index (χ0n) is 14.5. The van der Waals surface area contributed by atoms with Crippen molar-refractivity contribution in [2.75, 3.05) is 0 Å². The van der Waals surface area contributed by atoms with Gasteiger partial charge in [0.15, 0.2) is 6.04 Å². The molecule has 0 saturated carbocycles. The molecule has 0 radical (unpaired) electrons. The average Bonchev–Trinajstić information content (AvgIpc) is 2.49. The van der Waals surface area contributed by atoms with Crippen molar-refractivity contribution >= 4 is 17.8 Å². The fourth-order valence-corrected chi connectivity index (χ4v) is 2.43. The fraction of sp³-hybridized carbons (Fsp3) is 0.824. The van der Waals surface area contributed by atoms with E-state index in [1.165, 1.54) is 6.92 Å². The van der Waals surface area contributed by atoms with Gasteiger partial charge in [-0.3, -0.25) is 9.59 Å². The van der Waals surface area contributed by atoms with E-state index in [2.05, 4.69) is 5.32 Å². The van der Waals surface area contributed by atoms with Crippen molar-refractivity contribution < 1.29 is 29.7 Å². The molecule has 7 heteroatoms. The molecule has 0 heterocycles. The van der Waals surface area contributed by atoms with Crippen LogP contribution in [0.25, 0.3) is 0 Å². The van der Waals surface area contributed by atoms with Crippen molar-refractivity contribution in [3.05, 3.63) is 0 Å². The predicted molar refractivity (Wildman–Crippen MR) is 89.7 cm³/mol. The number of rotatable bonds is 15. The Labute approximate surface area is 143 Å². The Kier molecular flexibility index (Phi) is 12.8. The maximum atomic E-state index is 11.6. The van der Waals surface area contributed by atoms with Gasteiger partial charge in [0.2, 0.25) is 5.91 Å². The fourth-order valence-electron chi connectivity index (χ4n) is 2.43. The second-order valence-corrected chi connectivity index (χ2v) is 6.20. The monoisotopic (exact) mass is 345 g/mol. The summed E-state index contributed by atoms with van der Waals surface area (Å²) in [6.07, 6.45) is 8.12. The topological polar surface area (TPSA) is 124 Å². The van der Waals surface area contributed by atoms with Crippen LogP contribution in [-0.4, -0.2) is 45.3 Å². The Balaban J connectivity index is 3.48. The summed E-state index contributed by atoms with van der Waals surface area (Å²) in [7, 11) is 0. The standard InChI is InChI=1S/C17H31NO6/c1-13(19)16(17(23)24)18-14(20)11-9-7-5-3-2-4-6-8-10-12-15(21)22/h13,16,19H,2-12H2,1H3,(H,18,20)(H,21,22)(H,23,24). The lowest BCUT2D eigenvalue weighted by Crippen LogP contribution is -2.47. The molecule has 1 amide bonds. The van der Waals surface area contributed by atoms with E-state index in [4.69, 9.17) is 10.2 Å². The highest BCUT2D eigenvalue weighted by Crippen LogP contribution is 2.11. The van der Waals surface area contributed by atoms with Crippen LogP contribution in [-0.2, 0) is 14.4 Å². The van der Waals surface area contributed by atoms with Crippen LogP contribution in [0.5, 0.6) is 0 Å². The molecule has 0 aromatic heterocycles. The number of aliphatic carboxylic acids is 2. The van der Waals surface area contributed by atoms with Gasteiger partial charge in [-0.25, -0.2) is 4.79 Å². The van der Waals surface area contributed by atoms with Crippen LogP contribution in [0.1, 0.15) is 77.6 Å². The first-order valence-electron chi connectivity index (χ1n) is 8.76. The SMILES string of the molecule is CC(O)C(NC(=O)CCCCCCCCCCCC(=O)O)C(=O)O. The van der Waals surface area contributed by atoms with E-state index in [-0.39, 0.29) is 18.7 Å². The van der Waals surface area contributed by atoms with E-state index in [0.29, 0.717) is 6.42 Å².